The zero-order chi connectivity index (χ0) is 13.5. The highest BCUT2D eigenvalue weighted by molar-refractivity contribution is 5.27. The summed E-state index contributed by atoms with van der Waals surface area (Å²) < 4.78 is 5.46. The van der Waals surface area contributed by atoms with E-state index >= 15 is 0 Å². The van der Waals surface area contributed by atoms with Crippen LogP contribution in [0.25, 0.3) is 0 Å². The highest BCUT2D eigenvalue weighted by Gasteiger charge is 2.15. The van der Waals surface area contributed by atoms with E-state index in [1.54, 1.807) is 0 Å². The molecular weight excluding hydrogens is 238 g/mol. The van der Waals surface area contributed by atoms with Crippen LogP contribution < -0.4 is 10.5 Å². The molecule has 19 heavy (non-hydrogen) atoms. The van der Waals surface area contributed by atoms with Gasteiger partial charge in [0.05, 0.1) is 6.61 Å². The molecule has 0 aliphatic carbocycles. The maximum absolute atomic E-state index is 5.59. The minimum atomic E-state index is 0.725. The number of piperazine rings is 1. The Morgan fingerprint density at radius 3 is 2.26 bits per heavy atom. The summed E-state index contributed by atoms with van der Waals surface area (Å²) in [4.78, 5) is 4.94. The molecule has 1 fully saturated rings. The van der Waals surface area contributed by atoms with Gasteiger partial charge in [0.1, 0.15) is 5.75 Å². The Morgan fingerprint density at radius 1 is 1.05 bits per heavy atom. The van der Waals surface area contributed by atoms with Crippen molar-refractivity contribution in [1.82, 2.24) is 9.80 Å². The van der Waals surface area contributed by atoms with Gasteiger partial charge in [-0.15, -0.1) is 0 Å². The quantitative estimate of drug-likeness (QED) is 0.836. The van der Waals surface area contributed by atoms with Crippen molar-refractivity contribution in [2.24, 2.45) is 5.73 Å². The van der Waals surface area contributed by atoms with Gasteiger partial charge in [-0.3, -0.25) is 9.80 Å². The monoisotopic (exact) mass is 263 g/mol. The highest BCUT2D eigenvalue weighted by atomic mass is 16.5. The molecule has 0 aromatic heterocycles. The average molecular weight is 263 g/mol. The largest absolute Gasteiger partial charge is 0.494 e. The lowest BCUT2D eigenvalue weighted by Crippen LogP contribution is -2.47. The Morgan fingerprint density at radius 2 is 1.68 bits per heavy atom. The van der Waals surface area contributed by atoms with E-state index in [1.807, 2.05) is 6.92 Å². The summed E-state index contributed by atoms with van der Waals surface area (Å²) in [6, 6.07) is 8.45. The number of ether oxygens (including phenoxy) is 1. The van der Waals surface area contributed by atoms with Crippen LogP contribution >= 0.6 is 0 Å². The molecule has 0 atom stereocenters. The van der Waals surface area contributed by atoms with Crippen LogP contribution in [0.1, 0.15) is 12.5 Å². The first kappa shape index (κ1) is 14.3. The lowest BCUT2D eigenvalue weighted by atomic mass is 10.2. The molecule has 4 heteroatoms. The Hall–Kier alpha value is -1.10. The van der Waals surface area contributed by atoms with Crippen LogP contribution in [0, 0.1) is 0 Å². The number of benzene rings is 1. The molecule has 1 aromatic carbocycles. The molecule has 0 bridgehead atoms. The molecular formula is C15H25N3O. The molecule has 0 spiro atoms. The Kier molecular flexibility index (Phi) is 5.63. The Bertz CT molecular complexity index is 358. The molecule has 0 saturated carbocycles. The number of rotatable bonds is 6. The summed E-state index contributed by atoms with van der Waals surface area (Å²) in [5.41, 5.74) is 6.95. The predicted octanol–water partition coefficient (Wildman–Crippen LogP) is 1.16. The van der Waals surface area contributed by atoms with Gasteiger partial charge in [-0.2, -0.15) is 0 Å². The third-order valence-electron chi connectivity index (χ3n) is 3.55. The summed E-state index contributed by atoms with van der Waals surface area (Å²) in [7, 11) is 0. The van der Waals surface area contributed by atoms with Gasteiger partial charge in [-0.1, -0.05) is 12.1 Å². The maximum Gasteiger partial charge on any atom is 0.119 e. The number of nitrogens with two attached hydrogens (primary N) is 1. The van der Waals surface area contributed by atoms with E-state index in [0.29, 0.717) is 0 Å². The van der Waals surface area contributed by atoms with Crippen molar-refractivity contribution in [3.63, 3.8) is 0 Å². The summed E-state index contributed by atoms with van der Waals surface area (Å²) in [6.45, 7) is 10.1. The van der Waals surface area contributed by atoms with E-state index in [1.165, 1.54) is 5.56 Å². The maximum atomic E-state index is 5.59. The fourth-order valence-electron chi connectivity index (χ4n) is 2.47. The van der Waals surface area contributed by atoms with Crippen molar-refractivity contribution in [3.05, 3.63) is 29.8 Å². The molecule has 0 amide bonds. The normalized spacial score (nSPS) is 17.6. The molecule has 1 aliphatic rings. The molecule has 2 rings (SSSR count). The van der Waals surface area contributed by atoms with Crippen LogP contribution in [0.2, 0.25) is 0 Å². The second kappa shape index (κ2) is 7.48. The standard InChI is InChI=1S/C15H25N3O/c1-2-19-15-5-3-14(4-6-15)13-18-11-9-17(8-7-16)10-12-18/h3-6H,2,7-13,16H2,1H3. The highest BCUT2D eigenvalue weighted by Crippen LogP contribution is 2.14. The Balaban J connectivity index is 1.78. The van der Waals surface area contributed by atoms with Crippen LogP contribution in [0.3, 0.4) is 0 Å². The van der Waals surface area contributed by atoms with E-state index in [4.69, 9.17) is 10.5 Å². The molecule has 106 valence electrons. The number of hydrogen-bond donors (Lipinski definition) is 1. The first-order valence-corrected chi connectivity index (χ1v) is 7.18. The van der Waals surface area contributed by atoms with Crippen LogP contribution in [0.4, 0.5) is 0 Å². The number of nitrogens with zero attached hydrogens (tertiary/aromatic N) is 2. The van der Waals surface area contributed by atoms with E-state index in [-0.39, 0.29) is 0 Å². The number of hydrogen-bond acceptors (Lipinski definition) is 4. The zero-order valence-corrected chi connectivity index (χ0v) is 11.8. The summed E-state index contributed by atoms with van der Waals surface area (Å²) in [5.74, 6) is 0.957. The van der Waals surface area contributed by atoms with Gasteiger partial charge in [0.15, 0.2) is 0 Å². The van der Waals surface area contributed by atoms with Gasteiger partial charge >= 0.3 is 0 Å². The summed E-state index contributed by atoms with van der Waals surface area (Å²) in [6.07, 6.45) is 0. The van der Waals surface area contributed by atoms with Crippen molar-refractivity contribution in [2.45, 2.75) is 13.5 Å². The van der Waals surface area contributed by atoms with Crippen molar-refractivity contribution < 1.29 is 4.74 Å². The summed E-state index contributed by atoms with van der Waals surface area (Å²) in [5, 5.41) is 0. The molecule has 1 saturated heterocycles. The average Bonchev–Trinajstić information content (AvgIpc) is 2.44. The topological polar surface area (TPSA) is 41.7 Å². The van der Waals surface area contributed by atoms with E-state index in [9.17, 15) is 0 Å². The first-order valence-electron chi connectivity index (χ1n) is 7.18. The molecule has 0 radical (unpaired) electrons. The van der Waals surface area contributed by atoms with Gasteiger partial charge in [0.2, 0.25) is 0 Å². The molecule has 4 nitrogen and oxygen atoms in total. The molecule has 1 heterocycles. The zero-order valence-electron chi connectivity index (χ0n) is 11.8. The van der Waals surface area contributed by atoms with Crippen LogP contribution in [-0.4, -0.2) is 55.7 Å². The lowest BCUT2D eigenvalue weighted by molar-refractivity contribution is 0.130. The third-order valence-corrected chi connectivity index (χ3v) is 3.55. The summed E-state index contributed by atoms with van der Waals surface area (Å²) >= 11 is 0. The van der Waals surface area contributed by atoms with Gasteiger partial charge in [0.25, 0.3) is 0 Å². The second-order valence-corrected chi connectivity index (χ2v) is 4.98. The third kappa shape index (κ3) is 4.49. The SMILES string of the molecule is CCOc1ccc(CN2CCN(CCN)CC2)cc1. The van der Waals surface area contributed by atoms with Gasteiger partial charge < -0.3 is 10.5 Å². The fourth-order valence-corrected chi connectivity index (χ4v) is 2.47. The van der Waals surface area contributed by atoms with Crippen molar-refractivity contribution in [1.29, 1.82) is 0 Å². The molecule has 2 N–H and O–H groups in total. The molecule has 0 unspecified atom stereocenters. The molecule has 1 aromatic rings. The van der Waals surface area contributed by atoms with E-state index in [0.717, 1.165) is 58.2 Å². The fraction of sp³-hybridized carbons (Fsp3) is 0.600. The van der Waals surface area contributed by atoms with Gasteiger partial charge in [0, 0.05) is 45.8 Å². The van der Waals surface area contributed by atoms with Crippen molar-refractivity contribution in [2.75, 3.05) is 45.9 Å². The smallest absolute Gasteiger partial charge is 0.119 e. The Labute approximate surface area is 116 Å². The van der Waals surface area contributed by atoms with Crippen LogP contribution in [-0.2, 0) is 6.54 Å². The molecule has 1 aliphatic heterocycles. The van der Waals surface area contributed by atoms with E-state index < -0.39 is 0 Å². The second-order valence-electron chi connectivity index (χ2n) is 4.98. The van der Waals surface area contributed by atoms with E-state index in [2.05, 4.69) is 34.1 Å². The lowest BCUT2D eigenvalue weighted by Gasteiger charge is -2.34. The van der Waals surface area contributed by atoms with Crippen LogP contribution in [0.15, 0.2) is 24.3 Å². The van der Waals surface area contributed by atoms with Gasteiger partial charge in [-0.05, 0) is 24.6 Å². The van der Waals surface area contributed by atoms with Crippen molar-refractivity contribution in [3.8, 4) is 5.75 Å². The minimum absolute atomic E-state index is 0.725. The van der Waals surface area contributed by atoms with Crippen LogP contribution in [0.5, 0.6) is 5.75 Å². The first-order chi connectivity index (χ1) is 9.31. The predicted molar refractivity (Wildman–Crippen MR) is 78.4 cm³/mol. The minimum Gasteiger partial charge on any atom is -0.494 e. The van der Waals surface area contributed by atoms with Gasteiger partial charge in [-0.25, -0.2) is 0 Å². The van der Waals surface area contributed by atoms with Crippen molar-refractivity contribution >= 4 is 0 Å².